The number of hydrogen-bond donors (Lipinski definition) is 0. The van der Waals surface area contributed by atoms with Crippen LogP contribution in [0, 0.1) is 0 Å². The zero-order chi connectivity index (χ0) is 17.2. The molecule has 24 heavy (non-hydrogen) atoms. The van der Waals surface area contributed by atoms with Crippen molar-refractivity contribution in [3.63, 3.8) is 0 Å². The molecule has 0 aliphatic carbocycles. The Hall–Kier alpha value is -1.41. The summed E-state index contributed by atoms with van der Waals surface area (Å²) >= 11 is 0. The lowest BCUT2D eigenvalue weighted by Crippen LogP contribution is -2.47. The van der Waals surface area contributed by atoms with E-state index in [-0.39, 0.29) is 17.5 Å². The first-order chi connectivity index (χ1) is 11.4. The topological polar surface area (TPSA) is 47.5 Å². The molecule has 0 radical (unpaired) electrons. The fourth-order valence-corrected chi connectivity index (χ4v) is 3.80. The van der Waals surface area contributed by atoms with E-state index >= 15 is 0 Å². The molecule has 0 aromatic carbocycles. The second-order valence-corrected chi connectivity index (χ2v) is 6.40. The number of alkyl halides is 3. The van der Waals surface area contributed by atoms with Gasteiger partial charge in [-0.2, -0.15) is 13.2 Å². The summed E-state index contributed by atoms with van der Waals surface area (Å²) in [5.41, 5.74) is -0.901. The molecule has 0 bridgehead atoms. The number of nitrogens with zero attached hydrogens (tertiary/aromatic N) is 3. The van der Waals surface area contributed by atoms with E-state index in [0.29, 0.717) is 19.4 Å². The number of ether oxygens (including phenoxy) is 2. The molecule has 2 unspecified atom stereocenters. The van der Waals surface area contributed by atoms with Crippen molar-refractivity contribution >= 4 is 0 Å². The molecular formula is C16H22F3N3O2. The highest BCUT2D eigenvalue weighted by molar-refractivity contribution is 5.10. The summed E-state index contributed by atoms with van der Waals surface area (Å²) in [4.78, 5) is 9.52. The summed E-state index contributed by atoms with van der Waals surface area (Å²) in [6.07, 6.45) is 1.61. The Morgan fingerprint density at radius 1 is 1.29 bits per heavy atom. The standard InChI is InChI=1S/C16H22F3N3O2/c1-2-23-11-15-5-3-7-22(15)12(4-6-15)10-24-14-9-20-13(8-21-14)16(17,18)19/h8-9,12H,2-7,10-11H2,1H3. The van der Waals surface area contributed by atoms with Gasteiger partial charge in [0.1, 0.15) is 6.61 Å². The Bertz CT molecular complexity index is 552. The fraction of sp³-hybridized carbons (Fsp3) is 0.750. The van der Waals surface area contributed by atoms with Gasteiger partial charge in [0.25, 0.3) is 0 Å². The zero-order valence-electron chi connectivity index (χ0n) is 13.7. The van der Waals surface area contributed by atoms with Crippen molar-refractivity contribution in [2.45, 2.75) is 50.4 Å². The van der Waals surface area contributed by atoms with Gasteiger partial charge in [-0.3, -0.25) is 4.90 Å². The van der Waals surface area contributed by atoms with E-state index in [4.69, 9.17) is 9.47 Å². The third-order valence-electron chi connectivity index (χ3n) is 4.95. The van der Waals surface area contributed by atoms with Gasteiger partial charge >= 0.3 is 6.18 Å². The molecule has 2 atom stereocenters. The van der Waals surface area contributed by atoms with E-state index in [1.54, 1.807) is 0 Å². The van der Waals surface area contributed by atoms with E-state index in [0.717, 1.165) is 45.0 Å². The molecule has 0 amide bonds. The van der Waals surface area contributed by atoms with Crippen LogP contribution in [0.1, 0.15) is 38.3 Å². The minimum absolute atomic E-state index is 0.107. The van der Waals surface area contributed by atoms with Crippen LogP contribution in [0.4, 0.5) is 13.2 Å². The van der Waals surface area contributed by atoms with Crippen molar-refractivity contribution in [2.75, 3.05) is 26.4 Å². The van der Waals surface area contributed by atoms with E-state index in [2.05, 4.69) is 14.9 Å². The van der Waals surface area contributed by atoms with Crippen LogP contribution in [0.5, 0.6) is 5.88 Å². The summed E-state index contributed by atoms with van der Waals surface area (Å²) in [6.45, 7) is 4.86. The molecule has 1 aromatic heterocycles. The third-order valence-corrected chi connectivity index (χ3v) is 4.95. The largest absolute Gasteiger partial charge is 0.475 e. The Morgan fingerprint density at radius 2 is 2.12 bits per heavy atom. The predicted molar refractivity (Wildman–Crippen MR) is 80.7 cm³/mol. The van der Waals surface area contributed by atoms with Crippen LogP contribution in [0.15, 0.2) is 12.4 Å². The van der Waals surface area contributed by atoms with Crippen molar-refractivity contribution < 1.29 is 22.6 Å². The normalized spacial score (nSPS) is 27.4. The van der Waals surface area contributed by atoms with Crippen LogP contribution in [0.3, 0.4) is 0 Å². The van der Waals surface area contributed by atoms with Crippen molar-refractivity contribution in [1.82, 2.24) is 14.9 Å². The molecule has 2 aliphatic heterocycles. The van der Waals surface area contributed by atoms with Gasteiger partial charge in [0.2, 0.25) is 5.88 Å². The summed E-state index contributed by atoms with van der Waals surface area (Å²) in [5, 5.41) is 0. The van der Waals surface area contributed by atoms with Crippen molar-refractivity contribution in [3.05, 3.63) is 18.1 Å². The quantitative estimate of drug-likeness (QED) is 0.793. The lowest BCUT2D eigenvalue weighted by Gasteiger charge is -2.34. The van der Waals surface area contributed by atoms with Crippen LogP contribution in [0.2, 0.25) is 0 Å². The highest BCUT2D eigenvalue weighted by atomic mass is 19.4. The minimum atomic E-state index is -4.48. The molecule has 1 aromatic rings. The van der Waals surface area contributed by atoms with Gasteiger partial charge in [-0.15, -0.1) is 0 Å². The molecule has 2 saturated heterocycles. The SMILES string of the molecule is CCOCC12CCCN1C(COc1cnc(C(F)(F)F)cn1)CC2. The van der Waals surface area contributed by atoms with Crippen LogP contribution in [-0.2, 0) is 10.9 Å². The Morgan fingerprint density at radius 3 is 2.79 bits per heavy atom. The number of hydrogen-bond acceptors (Lipinski definition) is 5. The minimum Gasteiger partial charge on any atom is -0.475 e. The van der Waals surface area contributed by atoms with Crippen molar-refractivity contribution in [1.29, 1.82) is 0 Å². The van der Waals surface area contributed by atoms with Crippen LogP contribution < -0.4 is 4.74 Å². The number of halogens is 3. The molecule has 3 heterocycles. The maximum atomic E-state index is 12.5. The molecule has 3 rings (SSSR count). The summed E-state index contributed by atoms with van der Waals surface area (Å²) in [7, 11) is 0. The van der Waals surface area contributed by atoms with E-state index in [1.165, 1.54) is 0 Å². The fourth-order valence-electron chi connectivity index (χ4n) is 3.80. The van der Waals surface area contributed by atoms with Crippen LogP contribution in [0.25, 0.3) is 0 Å². The van der Waals surface area contributed by atoms with Gasteiger partial charge in [0.15, 0.2) is 5.69 Å². The summed E-state index contributed by atoms with van der Waals surface area (Å²) < 4.78 is 48.7. The number of aromatic nitrogens is 2. The average Bonchev–Trinajstić information content (AvgIpc) is 3.10. The van der Waals surface area contributed by atoms with E-state index < -0.39 is 11.9 Å². The molecule has 0 N–H and O–H groups in total. The first kappa shape index (κ1) is 17.4. The molecule has 5 nitrogen and oxygen atoms in total. The highest BCUT2D eigenvalue weighted by Crippen LogP contribution is 2.42. The molecule has 2 aliphatic rings. The van der Waals surface area contributed by atoms with Crippen LogP contribution >= 0.6 is 0 Å². The Kier molecular flexibility index (Phi) is 4.96. The Balaban J connectivity index is 1.57. The van der Waals surface area contributed by atoms with Gasteiger partial charge < -0.3 is 9.47 Å². The average molecular weight is 345 g/mol. The van der Waals surface area contributed by atoms with E-state index in [1.807, 2.05) is 6.92 Å². The van der Waals surface area contributed by atoms with Gasteiger partial charge in [-0.1, -0.05) is 0 Å². The smallest absolute Gasteiger partial charge is 0.434 e. The first-order valence-electron chi connectivity index (χ1n) is 8.31. The summed E-state index contributed by atoms with van der Waals surface area (Å²) in [5.74, 6) is 0.129. The monoisotopic (exact) mass is 345 g/mol. The summed E-state index contributed by atoms with van der Waals surface area (Å²) in [6, 6.07) is 0.247. The van der Waals surface area contributed by atoms with Gasteiger partial charge in [-0.25, -0.2) is 9.97 Å². The predicted octanol–water partition coefficient (Wildman–Crippen LogP) is 2.91. The third kappa shape index (κ3) is 3.49. The lowest BCUT2D eigenvalue weighted by molar-refractivity contribution is -0.141. The number of rotatable bonds is 6. The van der Waals surface area contributed by atoms with Crippen LogP contribution in [-0.4, -0.2) is 52.8 Å². The maximum Gasteiger partial charge on any atom is 0.434 e. The second-order valence-electron chi connectivity index (χ2n) is 6.40. The Labute approximate surface area is 139 Å². The molecule has 0 saturated carbocycles. The van der Waals surface area contributed by atoms with Gasteiger partial charge in [0, 0.05) is 18.2 Å². The molecular weight excluding hydrogens is 323 g/mol. The van der Waals surface area contributed by atoms with Crippen molar-refractivity contribution in [2.24, 2.45) is 0 Å². The van der Waals surface area contributed by atoms with Crippen molar-refractivity contribution in [3.8, 4) is 5.88 Å². The first-order valence-corrected chi connectivity index (χ1v) is 8.31. The molecule has 2 fully saturated rings. The second kappa shape index (κ2) is 6.84. The molecule has 0 spiro atoms. The zero-order valence-corrected chi connectivity index (χ0v) is 13.7. The van der Waals surface area contributed by atoms with E-state index in [9.17, 15) is 13.2 Å². The maximum absolute atomic E-state index is 12.5. The highest BCUT2D eigenvalue weighted by Gasteiger charge is 2.49. The molecule has 8 heteroatoms. The van der Waals surface area contributed by atoms with Gasteiger partial charge in [0.05, 0.1) is 19.0 Å². The van der Waals surface area contributed by atoms with Gasteiger partial charge in [-0.05, 0) is 39.2 Å². The number of fused-ring (bicyclic) bond motifs is 1. The molecule has 134 valence electrons. The lowest BCUT2D eigenvalue weighted by atomic mass is 9.95.